The number of nitrogens with zero attached hydrogens (tertiary/aromatic N) is 3. The van der Waals surface area contributed by atoms with Crippen LogP contribution in [0.25, 0.3) is 11.4 Å². The Hall–Kier alpha value is -1.86. The van der Waals surface area contributed by atoms with Gasteiger partial charge in [0.05, 0.1) is 0 Å². The number of aromatic nitrogens is 2. The summed E-state index contributed by atoms with van der Waals surface area (Å²) in [7, 11) is 0. The van der Waals surface area contributed by atoms with Crippen LogP contribution < -0.4 is 0 Å². The first kappa shape index (κ1) is 10.7. The summed E-state index contributed by atoms with van der Waals surface area (Å²) in [6.45, 7) is 1.98. The maximum Gasteiger partial charge on any atom is 0.159 e. The lowest BCUT2D eigenvalue weighted by Crippen LogP contribution is -1.88. The molecule has 1 heterocycles. The number of hydrogen-bond donors (Lipinski definition) is 0. The molecule has 0 aliphatic rings. The van der Waals surface area contributed by atoms with Crippen LogP contribution in [0.4, 0.5) is 0 Å². The minimum absolute atomic E-state index is 0.708. The molecule has 0 bridgehead atoms. The van der Waals surface area contributed by atoms with Crippen molar-refractivity contribution in [3.05, 3.63) is 42.2 Å². The third-order valence-electron chi connectivity index (χ3n) is 2.15. The zero-order valence-electron chi connectivity index (χ0n) is 8.71. The molecule has 0 N–H and O–H groups in total. The Morgan fingerprint density at radius 3 is 2.62 bits per heavy atom. The summed E-state index contributed by atoms with van der Waals surface area (Å²) in [5.41, 5.74) is 2.04. The van der Waals surface area contributed by atoms with Crippen LogP contribution in [0, 0.1) is 17.6 Å². The highest BCUT2D eigenvalue weighted by atomic mass is 32.2. The van der Waals surface area contributed by atoms with Crippen LogP contribution in [0.3, 0.4) is 0 Å². The van der Waals surface area contributed by atoms with Gasteiger partial charge in [-0.1, -0.05) is 6.07 Å². The van der Waals surface area contributed by atoms with E-state index in [9.17, 15) is 0 Å². The Bertz CT molecular complexity index is 532. The van der Waals surface area contributed by atoms with E-state index in [0.717, 1.165) is 16.0 Å². The summed E-state index contributed by atoms with van der Waals surface area (Å²) >= 11 is 1.17. The first-order valence-electron chi connectivity index (χ1n) is 4.75. The van der Waals surface area contributed by atoms with Gasteiger partial charge in [0.15, 0.2) is 5.82 Å². The number of thioether (sulfide) groups is 1. The molecule has 2 aromatic rings. The smallest absolute Gasteiger partial charge is 0.159 e. The predicted octanol–water partition coefficient (Wildman–Crippen LogP) is 3.03. The molecule has 0 atom stereocenters. The van der Waals surface area contributed by atoms with Crippen molar-refractivity contribution in [3.63, 3.8) is 0 Å². The van der Waals surface area contributed by atoms with Crippen molar-refractivity contribution in [2.24, 2.45) is 0 Å². The zero-order valence-corrected chi connectivity index (χ0v) is 9.53. The van der Waals surface area contributed by atoms with Crippen LogP contribution >= 0.6 is 11.8 Å². The van der Waals surface area contributed by atoms with E-state index in [0.29, 0.717) is 5.82 Å². The quantitative estimate of drug-likeness (QED) is 0.584. The highest BCUT2D eigenvalue weighted by Gasteiger charge is 2.03. The van der Waals surface area contributed by atoms with Gasteiger partial charge < -0.3 is 0 Å². The Morgan fingerprint density at radius 1 is 1.25 bits per heavy atom. The van der Waals surface area contributed by atoms with Gasteiger partial charge in [-0.25, -0.2) is 9.97 Å². The van der Waals surface area contributed by atoms with Crippen molar-refractivity contribution in [2.45, 2.75) is 11.8 Å². The van der Waals surface area contributed by atoms with Gasteiger partial charge >= 0.3 is 0 Å². The van der Waals surface area contributed by atoms with Crippen molar-refractivity contribution >= 4 is 11.8 Å². The number of hydrogen-bond acceptors (Lipinski definition) is 4. The molecule has 16 heavy (non-hydrogen) atoms. The Kier molecular flexibility index (Phi) is 3.18. The molecule has 0 saturated carbocycles. The fraction of sp³-hybridized carbons (Fsp3) is 0.0833. The number of thiocyanates is 1. The molecule has 0 saturated heterocycles. The highest BCUT2D eigenvalue weighted by molar-refractivity contribution is 8.03. The molecule has 0 amide bonds. The van der Waals surface area contributed by atoms with E-state index < -0.39 is 0 Å². The first-order valence-corrected chi connectivity index (χ1v) is 5.57. The monoisotopic (exact) mass is 227 g/mol. The molecular formula is C12H9N3S. The average Bonchev–Trinajstić information content (AvgIpc) is 2.33. The van der Waals surface area contributed by atoms with Crippen molar-refractivity contribution in [2.75, 3.05) is 0 Å². The molecule has 1 aromatic heterocycles. The van der Waals surface area contributed by atoms with Crippen LogP contribution in [0.5, 0.6) is 0 Å². The molecule has 0 aliphatic carbocycles. The van der Waals surface area contributed by atoms with Crippen LogP contribution in [-0.2, 0) is 0 Å². The second kappa shape index (κ2) is 4.77. The van der Waals surface area contributed by atoms with Gasteiger partial charge in [0.2, 0.25) is 0 Å². The van der Waals surface area contributed by atoms with Gasteiger partial charge in [-0.15, -0.1) is 0 Å². The second-order valence-electron chi connectivity index (χ2n) is 3.25. The molecular weight excluding hydrogens is 218 g/mol. The molecule has 0 fully saturated rings. The zero-order chi connectivity index (χ0) is 11.4. The van der Waals surface area contributed by atoms with Gasteiger partial charge in [0.1, 0.15) is 5.40 Å². The lowest BCUT2D eigenvalue weighted by Gasteiger charge is -2.03. The lowest BCUT2D eigenvalue weighted by atomic mass is 10.1. The van der Waals surface area contributed by atoms with E-state index >= 15 is 0 Å². The fourth-order valence-electron chi connectivity index (χ4n) is 1.40. The van der Waals surface area contributed by atoms with E-state index in [4.69, 9.17) is 5.26 Å². The van der Waals surface area contributed by atoms with Crippen LogP contribution in [0.2, 0.25) is 0 Å². The summed E-state index contributed by atoms with van der Waals surface area (Å²) < 4.78 is 0. The summed E-state index contributed by atoms with van der Waals surface area (Å²) in [5.74, 6) is 0.708. The second-order valence-corrected chi connectivity index (χ2v) is 4.07. The van der Waals surface area contributed by atoms with E-state index in [1.165, 1.54) is 11.8 Å². The number of nitriles is 1. The largest absolute Gasteiger partial charge is 0.237 e. The lowest BCUT2D eigenvalue weighted by molar-refractivity contribution is 1.17. The third-order valence-corrected chi connectivity index (χ3v) is 2.92. The molecule has 0 radical (unpaired) electrons. The molecule has 2 rings (SSSR count). The highest BCUT2D eigenvalue weighted by Crippen LogP contribution is 2.25. The number of benzene rings is 1. The Labute approximate surface area is 98.2 Å². The van der Waals surface area contributed by atoms with Gasteiger partial charge in [0, 0.05) is 22.9 Å². The third kappa shape index (κ3) is 2.20. The van der Waals surface area contributed by atoms with E-state index in [1.807, 2.05) is 25.1 Å². The standard InChI is InChI=1S/C12H9N3S/c1-9-7-10(3-4-11(9)16-8-13)12-14-5-2-6-15-12/h2-7H,1H3. The summed E-state index contributed by atoms with van der Waals surface area (Å²) in [6, 6.07) is 7.64. The van der Waals surface area contributed by atoms with Gasteiger partial charge in [-0.05, 0) is 42.4 Å². The minimum Gasteiger partial charge on any atom is -0.237 e. The average molecular weight is 227 g/mol. The van der Waals surface area contributed by atoms with E-state index in [-0.39, 0.29) is 0 Å². The molecule has 1 aromatic carbocycles. The molecule has 3 nitrogen and oxygen atoms in total. The summed E-state index contributed by atoms with van der Waals surface area (Å²) in [5, 5.41) is 10.7. The first-order chi connectivity index (χ1) is 7.81. The van der Waals surface area contributed by atoms with Crippen LogP contribution in [0.15, 0.2) is 41.6 Å². The fourth-order valence-corrected chi connectivity index (χ4v) is 1.85. The van der Waals surface area contributed by atoms with E-state index in [1.54, 1.807) is 18.5 Å². The van der Waals surface area contributed by atoms with Crippen molar-refractivity contribution in [1.82, 2.24) is 9.97 Å². The van der Waals surface area contributed by atoms with Crippen LogP contribution in [-0.4, -0.2) is 9.97 Å². The molecule has 0 aliphatic heterocycles. The summed E-state index contributed by atoms with van der Waals surface area (Å²) in [6.07, 6.45) is 3.44. The van der Waals surface area contributed by atoms with Crippen molar-refractivity contribution in [1.29, 1.82) is 5.26 Å². The topological polar surface area (TPSA) is 49.6 Å². The van der Waals surface area contributed by atoms with Crippen LogP contribution in [0.1, 0.15) is 5.56 Å². The van der Waals surface area contributed by atoms with Gasteiger partial charge in [0.25, 0.3) is 0 Å². The summed E-state index contributed by atoms with van der Waals surface area (Å²) in [4.78, 5) is 9.34. The molecule has 4 heteroatoms. The molecule has 78 valence electrons. The molecule has 0 spiro atoms. The van der Waals surface area contributed by atoms with Gasteiger partial charge in [-0.2, -0.15) is 5.26 Å². The SMILES string of the molecule is Cc1cc(-c2ncccn2)ccc1SC#N. The number of aryl methyl sites for hydroxylation is 1. The predicted molar refractivity (Wildman–Crippen MR) is 63.7 cm³/mol. The van der Waals surface area contributed by atoms with Crippen molar-refractivity contribution in [3.8, 4) is 16.8 Å². The molecule has 0 unspecified atom stereocenters. The number of rotatable bonds is 2. The van der Waals surface area contributed by atoms with Gasteiger partial charge in [-0.3, -0.25) is 0 Å². The Balaban J connectivity index is 2.39. The minimum atomic E-state index is 0.708. The normalized spacial score (nSPS) is 9.75. The maximum atomic E-state index is 8.62. The van der Waals surface area contributed by atoms with E-state index in [2.05, 4.69) is 15.4 Å². The maximum absolute atomic E-state index is 8.62. The van der Waals surface area contributed by atoms with Crippen molar-refractivity contribution < 1.29 is 0 Å². The Morgan fingerprint density at radius 2 is 2.00 bits per heavy atom.